The number of hydrogen-bond donors (Lipinski definition) is 0. The molecule has 1 fully saturated rings. The number of hydrogen-bond acceptors (Lipinski definition) is 6. The second-order valence-corrected chi connectivity index (χ2v) is 7.22. The van der Waals surface area contributed by atoms with Crippen molar-refractivity contribution >= 4 is 29.7 Å². The lowest BCUT2D eigenvalue weighted by atomic mass is 10.2. The van der Waals surface area contributed by atoms with Gasteiger partial charge in [-0.25, -0.2) is 15.0 Å². The number of nitrogens with zero attached hydrogens (tertiary/aromatic N) is 8. The molecule has 1 aliphatic carbocycles. The Morgan fingerprint density at radius 3 is 2.85 bits per heavy atom. The average Bonchev–Trinajstić information content (AvgIpc) is 3.26. The van der Waals surface area contributed by atoms with Crippen LogP contribution in [-0.2, 0) is 7.05 Å². The number of carbonyl (C=O) groups excluding carboxylic acids is 1. The van der Waals surface area contributed by atoms with Crippen LogP contribution in [-0.4, -0.2) is 60.6 Å². The minimum absolute atomic E-state index is 0.156. The third-order valence-electron chi connectivity index (χ3n) is 4.83. The maximum Gasteiger partial charge on any atom is 0.259 e. The highest BCUT2D eigenvalue weighted by molar-refractivity contribution is 6.32. The normalized spacial score (nSPS) is 17.7. The number of amides is 1. The van der Waals surface area contributed by atoms with Gasteiger partial charge in [0.1, 0.15) is 11.5 Å². The minimum Gasteiger partial charge on any atom is -0.328 e. The van der Waals surface area contributed by atoms with Crippen molar-refractivity contribution in [2.24, 2.45) is 23.0 Å². The molecule has 2 aromatic rings. The SMILES string of the molecule is CC(c1ncnn1C1=NCCC=N1)N(CC1CC1)C(=O)c1cnn(C)c1Cl. The van der Waals surface area contributed by atoms with Gasteiger partial charge in [-0.2, -0.15) is 14.9 Å². The van der Waals surface area contributed by atoms with Crippen LogP contribution in [0.3, 0.4) is 0 Å². The molecule has 0 bridgehead atoms. The van der Waals surface area contributed by atoms with Gasteiger partial charge in [-0.05, 0) is 25.7 Å². The molecular formula is C17H21ClN8O. The highest BCUT2D eigenvalue weighted by atomic mass is 35.5. The van der Waals surface area contributed by atoms with Crippen molar-refractivity contribution in [2.75, 3.05) is 13.1 Å². The second-order valence-electron chi connectivity index (χ2n) is 6.86. The summed E-state index contributed by atoms with van der Waals surface area (Å²) in [5, 5.41) is 8.70. The maximum atomic E-state index is 13.2. The van der Waals surface area contributed by atoms with Crippen LogP contribution in [0.5, 0.6) is 0 Å². The van der Waals surface area contributed by atoms with Crippen LogP contribution in [0.1, 0.15) is 48.4 Å². The number of carbonyl (C=O) groups is 1. The van der Waals surface area contributed by atoms with Gasteiger partial charge in [-0.15, -0.1) is 0 Å². The zero-order chi connectivity index (χ0) is 19.0. The van der Waals surface area contributed by atoms with Crippen molar-refractivity contribution in [3.8, 4) is 0 Å². The molecule has 1 atom stereocenters. The highest BCUT2D eigenvalue weighted by Crippen LogP contribution is 2.34. The van der Waals surface area contributed by atoms with Gasteiger partial charge in [0.15, 0.2) is 5.82 Å². The first-order valence-corrected chi connectivity index (χ1v) is 9.39. The van der Waals surface area contributed by atoms with Gasteiger partial charge in [0.2, 0.25) is 5.96 Å². The third kappa shape index (κ3) is 3.51. The van der Waals surface area contributed by atoms with E-state index < -0.39 is 0 Å². The highest BCUT2D eigenvalue weighted by Gasteiger charge is 2.34. The summed E-state index contributed by atoms with van der Waals surface area (Å²) in [5.74, 6) is 1.48. The largest absolute Gasteiger partial charge is 0.328 e. The van der Waals surface area contributed by atoms with E-state index in [2.05, 4.69) is 25.2 Å². The van der Waals surface area contributed by atoms with E-state index in [0.29, 0.717) is 41.5 Å². The predicted octanol–water partition coefficient (Wildman–Crippen LogP) is 1.96. The third-order valence-corrected chi connectivity index (χ3v) is 5.28. The summed E-state index contributed by atoms with van der Waals surface area (Å²) in [6.07, 6.45) is 7.87. The number of aromatic nitrogens is 5. The van der Waals surface area contributed by atoms with Crippen LogP contribution in [0.4, 0.5) is 0 Å². The van der Waals surface area contributed by atoms with Crippen LogP contribution < -0.4 is 0 Å². The standard InChI is InChI=1S/C17H21ClN8O/c1-11(15-21-10-23-26(15)17-19-6-3-7-20-17)25(9-12-4-5-12)16(27)13-8-22-24(2)14(13)18/h6,8,10-12H,3-5,7,9H2,1-2H3. The summed E-state index contributed by atoms with van der Waals surface area (Å²) < 4.78 is 3.10. The number of rotatable bonds is 5. The fourth-order valence-electron chi connectivity index (χ4n) is 3.08. The molecule has 4 rings (SSSR count). The fourth-order valence-corrected chi connectivity index (χ4v) is 3.25. The van der Waals surface area contributed by atoms with Gasteiger partial charge in [-0.1, -0.05) is 11.6 Å². The van der Waals surface area contributed by atoms with Gasteiger partial charge in [0, 0.05) is 32.8 Å². The van der Waals surface area contributed by atoms with Gasteiger partial charge < -0.3 is 4.90 Å². The lowest BCUT2D eigenvalue weighted by Gasteiger charge is -2.28. The van der Waals surface area contributed by atoms with Crippen LogP contribution in [0.25, 0.3) is 0 Å². The summed E-state index contributed by atoms with van der Waals surface area (Å²) in [6.45, 7) is 3.26. The second kappa shape index (κ2) is 7.22. The first-order chi connectivity index (χ1) is 13.1. The molecule has 0 aromatic carbocycles. The van der Waals surface area contributed by atoms with Crippen molar-refractivity contribution in [1.29, 1.82) is 0 Å². The zero-order valence-corrected chi connectivity index (χ0v) is 16.0. The van der Waals surface area contributed by atoms with Gasteiger partial charge in [0.25, 0.3) is 5.91 Å². The Bertz CT molecular complexity index is 910. The fraction of sp³-hybridized carbons (Fsp3) is 0.529. The summed E-state index contributed by atoms with van der Waals surface area (Å²) in [7, 11) is 1.71. The first kappa shape index (κ1) is 17.8. The number of aryl methyl sites for hydroxylation is 1. The van der Waals surface area contributed by atoms with Gasteiger partial charge in [-0.3, -0.25) is 9.48 Å². The molecule has 1 saturated carbocycles. The average molecular weight is 389 g/mol. The molecule has 3 heterocycles. The van der Waals surface area contributed by atoms with E-state index in [1.165, 1.54) is 17.2 Å². The van der Waals surface area contributed by atoms with Crippen LogP contribution >= 0.6 is 11.6 Å². The Kier molecular flexibility index (Phi) is 4.77. The lowest BCUT2D eigenvalue weighted by molar-refractivity contribution is 0.0671. The molecule has 2 aromatic heterocycles. The van der Waals surface area contributed by atoms with Gasteiger partial charge in [0.05, 0.1) is 17.8 Å². The van der Waals surface area contributed by atoms with Crippen molar-refractivity contribution in [3.05, 3.63) is 29.1 Å². The summed E-state index contributed by atoms with van der Waals surface area (Å²) >= 11 is 6.26. The lowest BCUT2D eigenvalue weighted by Crippen LogP contribution is -2.37. The first-order valence-electron chi connectivity index (χ1n) is 9.02. The predicted molar refractivity (Wildman–Crippen MR) is 101 cm³/mol. The summed E-state index contributed by atoms with van der Waals surface area (Å²) in [6, 6.07) is -0.309. The molecule has 2 aliphatic rings. The Hall–Kier alpha value is -2.55. The smallest absolute Gasteiger partial charge is 0.259 e. The van der Waals surface area contributed by atoms with E-state index in [0.717, 1.165) is 19.3 Å². The maximum absolute atomic E-state index is 13.2. The van der Waals surface area contributed by atoms with Crippen LogP contribution in [0.15, 0.2) is 22.5 Å². The van der Waals surface area contributed by atoms with Crippen molar-refractivity contribution in [3.63, 3.8) is 0 Å². The Morgan fingerprint density at radius 1 is 1.41 bits per heavy atom. The Morgan fingerprint density at radius 2 is 2.22 bits per heavy atom. The topological polar surface area (TPSA) is 93.6 Å². The monoisotopic (exact) mass is 388 g/mol. The van der Waals surface area contributed by atoms with E-state index in [-0.39, 0.29) is 11.9 Å². The van der Waals surface area contributed by atoms with E-state index >= 15 is 0 Å². The molecular weight excluding hydrogens is 368 g/mol. The van der Waals surface area contributed by atoms with Gasteiger partial charge >= 0.3 is 0 Å². The molecule has 0 saturated heterocycles. The van der Waals surface area contributed by atoms with Crippen LogP contribution in [0.2, 0.25) is 5.15 Å². The van der Waals surface area contributed by atoms with Crippen molar-refractivity contribution in [2.45, 2.75) is 32.2 Å². The zero-order valence-electron chi connectivity index (χ0n) is 15.3. The molecule has 9 nitrogen and oxygen atoms in total. The molecule has 27 heavy (non-hydrogen) atoms. The van der Waals surface area contributed by atoms with E-state index in [1.54, 1.807) is 16.6 Å². The van der Waals surface area contributed by atoms with E-state index in [4.69, 9.17) is 11.6 Å². The van der Waals surface area contributed by atoms with E-state index in [9.17, 15) is 4.79 Å². The Balaban J connectivity index is 1.66. The number of halogens is 1. The molecule has 0 spiro atoms. The molecule has 142 valence electrons. The minimum atomic E-state index is -0.309. The molecule has 1 amide bonds. The van der Waals surface area contributed by atoms with Crippen molar-refractivity contribution in [1.82, 2.24) is 29.4 Å². The number of aliphatic imine (C=N–C) groups is 2. The quantitative estimate of drug-likeness (QED) is 0.782. The van der Waals surface area contributed by atoms with Crippen molar-refractivity contribution < 1.29 is 4.79 Å². The van der Waals surface area contributed by atoms with E-state index in [1.807, 2.05) is 13.1 Å². The molecule has 1 unspecified atom stereocenters. The molecule has 0 radical (unpaired) electrons. The molecule has 10 heteroatoms. The molecule has 0 N–H and O–H groups in total. The Labute approximate surface area is 161 Å². The summed E-state index contributed by atoms with van der Waals surface area (Å²) in [5.41, 5.74) is 0.394. The molecule has 1 aliphatic heterocycles. The summed E-state index contributed by atoms with van der Waals surface area (Å²) in [4.78, 5) is 28.2. The van der Waals surface area contributed by atoms with Crippen LogP contribution in [0, 0.1) is 5.92 Å².